The smallest absolute Gasteiger partial charge is 0.0669 e. The van der Waals surface area contributed by atoms with Crippen molar-refractivity contribution in [1.29, 1.82) is 0 Å². The predicted octanol–water partition coefficient (Wildman–Crippen LogP) is 2.64. The van der Waals surface area contributed by atoms with E-state index in [9.17, 15) is 5.11 Å². The summed E-state index contributed by atoms with van der Waals surface area (Å²) in [7, 11) is 0. The number of hydrogen-bond acceptors (Lipinski definition) is 3. The molecule has 0 spiro atoms. The molecule has 2 rings (SSSR count). The van der Waals surface area contributed by atoms with E-state index in [1.165, 1.54) is 64.6 Å². The second kappa shape index (κ2) is 9.01. The first-order valence-electron chi connectivity index (χ1n) is 8.89. The summed E-state index contributed by atoms with van der Waals surface area (Å²) in [6, 6.07) is 0. The van der Waals surface area contributed by atoms with Gasteiger partial charge in [-0.1, -0.05) is 32.6 Å². The van der Waals surface area contributed by atoms with Gasteiger partial charge in [0.15, 0.2) is 0 Å². The van der Waals surface area contributed by atoms with Crippen LogP contribution in [0.5, 0.6) is 0 Å². The Hall–Kier alpha value is -0.120. The van der Waals surface area contributed by atoms with Crippen LogP contribution in [-0.4, -0.2) is 48.8 Å². The molecule has 0 bridgehead atoms. The van der Waals surface area contributed by atoms with Gasteiger partial charge in [-0.05, 0) is 63.7 Å². The van der Waals surface area contributed by atoms with Gasteiger partial charge in [0.05, 0.1) is 6.10 Å². The number of β-amino-alcohol motifs (C(OH)–C–C–N with tert-alkyl or cyclic N) is 1. The van der Waals surface area contributed by atoms with Crippen LogP contribution in [0.25, 0.3) is 0 Å². The van der Waals surface area contributed by atoms with E-state index in [0.29, 0.717) is 0 Å². The fourth-order valence-electron chi connectivity index (χ4n) is 3.86. The molecule has 0 amide bonds. The van der Waals surface area contributed by atoms with E-state index in [1.54, 1.807) is 0 Å². The van der Waals surface area contributed by atoms with E-state index in [2.05, 4.69) is 17.1 Å². The monoisotopic (exact) mass is 282 g/mol. The van der Waals surface area contributed by atoms with Gasteiger partial charge in [-0.3, -0.25) is 0 Å². The third-order valence-corrected chi connectivity index (χ3v) is 5.12. The van der Waals surface area contributed by atoms with E-state index in [1.807, 2.05) is 0 Å². The number of hydrogen-bond donors (Lipinski definition) is 2. The van der Waals surface area contributed by atoms with E-state index >= 15 is 0 Å². The zero-order valence-corrected chi connectivity index (χ0v) is 13.3. The average molecular weight is 282 g/mol. The van der Waals surface area contributed by atoms with Gasteiger partial charge in [0.25, 0.3) is 0 Å². The molecule has 1 atom stereocenters. The highest BCUT2D eigenvalue weighted by Crippen LogP contribution is 2.29. The first-order chi connectivity index (χ1) is 9.78. The molecule has 2 fully saturated rings. The molecule has 20 heavy (non-hydrogen) atoms. The van der Waals surface area contributed by atoms with Gasteiger partial charge >= 0.3 is 0 Å². The van der Waals surface area contributed by atoms with Crippen LogP contribution in [0.15, 0.2) is 0 Å². The van der Waals surface area contributed by atoms with Crippen LogP contribution in [0, 0.1) is 11.8 Å². The Morgan fingerprint density at radius 2 is 1.80 bits per heavy atom. The Labute approximate surface area is 125 Å². The molecule has 3 heteroatoms. The van der Waals surface area contributed by atoms with E-state index < -0.39 is 0 Å². The van der Waals surface area contributed by atoms with Gasteiger partial charge < -0.3 is 15.3 Å². The Balaban J connectivity index is 1.56. The largest absolute Gasteiger partial charge is 0.392 e. The summed E-state index contributed by atoms with van der Waals surface area (Å²) in [5.41, 5.74) is 0. The molecule has 0 aromatic heterocycles. The van der Waals surface area contributed by atoms with Crippen LogP contribution < -0.4 is 5.32 Å². The van der Waals surface area contributed by atoms with E-state index in [4.69, 9.17) is 0 Å². The Bertz CT molecular complexity index is 245. The maximum atomic E-state index is 10.2. The molecule has 118 valence electrons. The molecule has 3 nitrogen and oxygen atoms in total. The van der Waals surface area contributed by atoms with Crippen molar-refractivity contribution in [3.05, 3.63) is 0 Å². The van der Waals surface area contributed by atoms with Crippen molar-refractivity contribution >= 4 is 0 Å². The van der Waals surface area contributed by atoms with Crippen LogP contribution in [0.3, 0.4) is 0 Å². The molecule has 1 aliphatic heterocycles. The van der Waals surface area contributed by atoms with Gasteiger partial charge in [0.1, 0.15) is 0 Å². The quantitative estimate of drug-likeness (QED) is 0.672. The summed E-state index contributed by atoms with van der Waals surface area (Å²) >= 11 is 0. The van der Waals surface area contributed by atoms with Crippen LogP contribution in [0.2, 0.25) is 0 Å². The second-order valence-electron chi connectivity index (χ2n) is 6.99. The van der Waals surface area contributed by atoms with E-state index in [-0.39, 0.29) is 6.10 Å². The number of likely N-dealkylation sites (tertiary alicyclic amines) is 1. The number of piperidine rings is 1. The molecule has 0 aromatic carbocycles. The maximum absolute atomic E-state index is 10.2. The third kappa shape index (κ3) is 5.71. The van der Waals surface area contributed by atoms with Crippen molar-refractivity contribution in [2.24, 2.45) is 11.8 Å². The molecule has 1 heterocycles. The zero-order chi connectivity index (χ0) is 14.2. The minimum absolute atomic E-state index is 0.0899. The molecule has 1 saturated heterocycles. The van der Waals surface area contributed by atoms with Gasteiger partial charge in [-0.15, -0.1) is 0 Å². The van der Waals surface area contributed by atoms with Crippen LogP contribution in [0.1, 0.15) is 58.3 Å². The SMILES string of the molecule is CCCNCC1CCN(CC(O)CC2CCCC2)CC1. The number of aliphatic hydroxyl groups excluding tert-OH is 1. The van der Waals surface area contributed by atoms with Crippen molar-refractivity contribution in [3.63, 3.8) is 0 Å². The molecule has 0 radical (unpaired) electrons. The predicted molar refractivity (Wildman–Crippen MR) is 84.9 cm³/mol. The topological polar surface area (TPSA) is 35.5 Å². The summed E-state index contributed by atoms with van der Waals surface area (Å²) in [5.74, 6) is 1.66. The van der Waals surface area contributed by atoms with Gasteiger partial charge in [-0.2, -0.15) is 0 Å². The van der Waals surface area contributed by atoms with Crippen molar-refractivity contribution < 1.29 is 5.11 Å². The summed E-state index contributed by atoms with van der Waals surface area (Å²) in [6.45, 7) is 7.83. The molecule has 1 saturated carbocycles. The lowest BCUT2D eigenvalue weighted by molar-refractivity contribution is 0.0730. The lowest BCUT2D eigenvalue weighted by Crippen LogP contribution is -2.41. The first-order valence-corrected chi connectivity index (χ1v) is 8.89. The van der Waals surface area contributed by atoms with Crippen molar-refractivity contribution in [2.45, 2.75) is 64.4 Å². The zero-order valence-electron chi connectivity index (χ0n) is 13.3. The fourth-order valence-corrected chi connectivity index (χ4v) is 3.86. The molecule has 2 N–H and O–H groups in total. The van der Waals surface area contributed by atoms with Gasteiger partial charge in [0.2, 0.25) is 0 Å². The molecular weight excluding hydrogens is 248 g/mol. The third-order valence-electron chi connectivity index (χ3n) is 5.12. The number of rotatable bonds is 8. The average Bonchev–Trinajstić information content (AvgIpc) is 2.94. The second-order valence-corrected chi connectivity index (χ2v) is 6.99. The van der Waals surface area contributed by atoms with Crippen molar-refractivity contribution in [1.82, 2.24) is 10.2 Å². The Morgan fingerprint density at radius 1 is 1.10 bits per heavy atom. The lowest BCUT2D eigenvalue weighted by Gasteiger charge is -2.33. The maximum Gasteiger partial charge on any atom is 0.0669 e. The first kappa shape index (κ1) is 16.3. The molecule has 0 aromatic rings. The fraction of sp³-hybridized carbons (Fsp3) is 1.00. The normalized spacial score (nSPS) is 24.3. The van der Waals surface area contributed by atoms with Gasteiger partial charge in [-0.25, -0.2) is 0 Å². The lowest BCUT2D eigenvalue weighted by atomic mass is 9.95. The van der Waals surface area contributed by atoms with Crippen LogP contribution in [-0.2, 0) is 0 Å². The highest BCUT2D eigenvalue weighted by Gasteiger charge is 2.23. The molecule has 1 unspecified atom stereocenters. The summed E-state index contributed by atoms with van der Waals surface area (Å²) in [5, 5.41) is 13.8. The summed E-state index contributed by atoms with van der Waals surface area (Å²) in [4.78, 5) is 2.48. The summed E-state index contributed by atoms with van der Waals surface area (Å²) in [6.07, 6.45) is 10.2. The highest BCUT2D eigenvalue weighted by molar-refractivity contribution is 4.78. The van der Waals surface area contributed by atoms with Crippen LogP contribution in [0.4, 0.5) is 0 Å². The number of nitrogens with one attached hydrogen (secondary N) is 1. The standard InChI is InChI=1S/C17H34N2O/c1-2-9-18-13-16-7-10-19(11-8-16)14-17(20)12-15-5-3-4-6-15/h15-18,20H,2-14H2,1H3. The molecule has 1 aliphatic carbocycles. The number of aliphatic hydroxyl groups is 1. The molecule has 2 aliphatic rings. The minimum Gasteiger partial charge on any atom is -0.392 e. The highest BCUT2D eigenvalue weighted by atomic mass is 16.3. The minimum atomic E-state index is -0.0899. The van der Waals surface area contributed by atoms with Crippen molar-refractivity contribution in [2.75, 3.05) is 32.7 Å². The molecular formula is C17H34N2O. The number of nitrogens with zero attached hydrogens (tertiary/aromatic N) is 1. The Kier molecular flexibility index (Phi) is 7.32. The summed E-state index contributed by atoms with van der Waals surface area (Å²) < 4.78 is 0. The Morgan fingerprint density at radius 3 is 2.45 bits per heavy atom. The van der Waals surface area contributed by atoms with Crippen molar-refractivity contribution in [3.8, 4) is 0 Å². The van der Waals surface area contributed by atoms with E-state index in [0.717, 1.165) is 31.3 Å². The van der Waals surface area contributed by atoms with Gasteiger partial charge in [0, 0.05) is 6.54 Å². The van der Waals surface area contributed by atoms with Crippen LogP contribution >= 0.6 is 0 Å².